The highest BCUT2D eigenvalue weighted by Crippen LogP contribution is 2.09. The van der Waals surface area contributed by atoms with Crippen molar-refractivity contribution in [3.63, 3.8) is 0 Å². The first-order valence-electron chi connectivity index (χ1n) is 6.48. The van der Waals surface area contributed by atoms with Crippen LogP contribution in [-0.4, -0.2) is 23.2 Å². The van der Waals surface area contributed by atoms with Gasteiger partial charge in [0.2, 0.25) is 0 Å². The number of allylic oxidation sites excluding steroid dienone is 1. The molecule has 0 bridgehead atoms. The molecule has 23 heavy (non-hydrogen) atoms. The molecule has 8 nitrogen and oxygen atoms in total. The van der Waals surface area contributed by atoms with E-state index in [9.17, 15) is 10.1 Å². The molecule has 2 heterocycles. The topological polar surface area (TPSA) is 113 Å². The number of nitrogens with zero attached hydrogens (tertiary/aromatic N) is 3. The van der Waals surface area contributed by atoms with Crippen molar-refractivity contribution in [2.75, 3.05) is 12.4 Å². The molecule has 0 aliphatic carbocycles. The lowest BCUT2D eigenvalue weighted by atomic mass is 10.2. The Kier molecular flexibility index (Phi) is 5.48. The fourth-order valence-electron chi connectivity index (χ4n) is 1.54. The van der Waals surface area contributed by atoms with E-state index in [4.69, 9.17) is 0 Å². The van der Waals surface area contributed by atoms with E-state index in [2.05, 4.69) is 30.0 Å². The third-order valence-corrected chi connectivity index (χ3v) is 2.64. The molecule has 0 unspecified atom stereocenters. The summed E-state index contributed by atoms with van der Waals surface area (Å²) >= 11 is 0. The van der Waals surface area contributed by atoms with Crippen molar-refractivity contribution in [3.05, 3.63) is 60.5 Å². The van der Waals surface area contributed by atoms with Gasteiger partial charge in [-0.2, -0.15) is 5.26 Å². The number of carbonyl (C=O) groups is 1. The maximum atomic E-state index is 11.7. The smallest absolute Gasteiger partial charge is 0.355 e. The van der Waals surface area contributed by atoms with Gasteiger partial charge in [0.05, 0.1) is 18.4 Å². The number of ether oxygens (including phenoxy) is 1. The van der Waals surface area contributed by atoms with Gasteiger partial charge in [0.15, 0.2) is 5.82 Å². The number of esters is 1. The second kappa shape index (κ2) is 7.99. The van der Waals surface area contributed by atoms with Gasteiger partial charge in [0.25, 0.3) is 0 Å². The zero-order chi connectivity index (χ0) is 16.5. The van der Waals surface area contributed by atoms with Gasteiger partial charge < -0.3 is 19.9 Å². The molecule has 0 aliphatic rings. The number of nitriles is 1. The number of methoxy groups -OCH3 is 1. The van der Waals surface area contributed by atoms with E-state index < -0.39 is 5.97 Å². The summed E-state index contributed by atoms with van der Waals surface area (Å²) in [5, 5.41) is 18.3. The van der Waals surface area contributed by atoms with Crippen LogP contribution in [0.4, 0.5) is 5.82 Å². The molecule has 0 atom stereocenters. The SMILES string of the molecule is COC(=O)/C(=C/Nc1ccon1)N/C=C(/C#N)c1ccccn1. The molecular weight excluding hydrogens is 298 g/mol. The highest BCUT2D eigenvalue weighted by molar-refractivity contribution is 5.88. The number of rotatable bonds is 6. The van der Waals surface area contributed by atoms with Gasteiger partial charge in [-0.05, 0) is 12.1 Å². The third-order valence-electron chi connectivity index (χ3n) is 2.64. The van der Waals surface area contributed by atoms with Crippen molar-refractivity contribution < 1.29 is 14.1 Å². The van der Waals surface area contributed by atoms with Crippen LogP contribution in [0.15, 0.2) is 59.3 Å². The van der Waals surface area contributed by atoms with Crippen LogP contribution in [0.5, 0.6) is 0 Å². The summed E-state index contributed by atoms with van der Waals surface area (Å²) < 4.78 is 9.34. The monoisotopic (exact) mass is 311 g/mol. The third kappa shape index (κ3) is 4.44. The molecule has 2 aromatic rings. The van der Waals surface area contributed by atoms with Gasteiger partial charge in [0, 0.05) is 24.7 Å². The molecule has 2 rings (SSSR count). The van der Waals surface area contributed by atoms with E-state index in [1.54, 1.807) is 30.5 Å². The van der Waals surface area contributed by atoms with Gasteiger partial charge in [0.1, 0.15) is 18.0 Å². The van der Waals surface area contributed by atoms with Gasteiger partial charge >= 0.3 is 5.97 Å². The van der Waals surface area contributed by atoms with E-state index in [1.165, 1.54) is 25.8 Å². The Balaban J connectivity index is 2.17. The van der Waals surface area contributed by atoms with Crippen LogP contribution in [0.3, 0.4) is 0 Å². The molecule has 0 saturated heterocycles. The zero-order valence-corrected chi connectivity index (χ0v) is 12.2. The fourth-order valence-corrected chi connectivity index (χ4v) is 1.54. The first kappa shape index (κ1) is 15.8. The predicted molar refractivity (Wildman–Crippen MR) is 81.2 cm³/mol. The Hall–Kier alpha value is -3.60. The molecule has 2 N–H and O–H groups in total. The molecule has 0 aromatic carbocycles. The van der Waals surface area contributed by atoms with Crippen LogP contribution in [-0.2, 0) is 9.53 Å². The molecule has 0 radical (unpaired) electrons. The van der Waals surface area contributed by atoms with Gasteiger partial charge in [-0.25, -0.2) is 4.79 Å². The van der Waals surface area contributed by atoms with Crippen molar-refractivity contribution in [1.29, 1.82) is 5.26 Å². The first-order chi connectivity index (χ1) is 11.2. The minimum atomic E-state index is -0.615. The maximum absolute atomic E-state index is 11.7. The Morgan fingerprint density at radius 1 is 1.39 bits per heavy atom. The van der Waals surface area contributed by atoms with Crippen molar-refractivity contribution in [2.45, 2.75) is 0 Å². The minimum absolute atomic E-state index is 0.0826. The summed E-state index contributed by atoms with van der Waals surface area (Å²) in [7, 11) is 1.25. The standard InChI is InChI=1S/C15H13N5O3/c1-22-15(21)13(10-19-14-5-7-23-20-14)18-9-11(8-16)12-4-2-3-6-17-12/h2-7,9-10,18H,1H3,(H,19,20)/b11-9-,13-10-. The average molecular weight is 311 g/mol. The Morgan fingerprint density at radius 2 is 2.26 bits per heavy atom. The van der Waals surface area contributed by atoms with Crippen LogP contribution in [0, 0.1) is 11.3 Å². The lowest BCUT2D eigenvalue weighted by Crippen LogP contribution is -2.18. The summed E-state index contributed by atoms with van der Waals surface area (Å²) in [6, 6.07) is 8.78. The predicted octanol–water partition coefficient (Wildman–Crippen LogP) is 1.65. The lowest BCUT2D eigenvalue weighted by molar-refractivity contribution is -0.136. The normalized spacial score (nSPS) is 11.5. The average Bonchev–Trinajstić information content (AvgIpc) is 3.11. The molecule has 116 valence electrons. The Labute approximate surface area is 132 Å². The van der Waals surface area contributed by atoms with E-state index in [0.29, 0.717) is 11.5 Å². The van der Waals surface area contributed by atoms with Gasteiger partial charge in [-0.15, -0.1) is 0 Å². The van der Waals surface area contributed by atoms with Gasteiger partial charge in [-0.1, -0.05) is 11.2 Å². The molecule has 0 amide bonds. The first-order valence-corrected chi connectivity index (χ1v) is 6.48. The van der Waals surface area contributed by atoms with E-state index >= 15 is 0 Å². The quantitative estimate of drug-likeness (QED) is 0.470. The summed E-state index contributed by atoms with van der Waals surface area (Å²) in [5.41, 5.74) is 0.831. The van der Waals surface area contributed by atoms with E-state index in [1.807, 2.05) is 6.07 Å². The summed E-state index contributed by atoms with van der Waals surface area (Å²) in [4.78, 5) is 15.8. The molecule has 8 heteroatoms. The van der Waals surface area contributed by atoms with Crippen molar-refractivity contribution in [2.24, 2.45) is 0 Å². The summed E-state index contributed by atoms with van der Waals surface area (Å²) in [6.07, 6.45) is 5.68. The van der Waals surface area contributed by atoms with Crippen LogP contribution in [0.25, 0.3) is 5.57 Å². The second-order valence-corrected chi connectivity index (χ2v) is 4.11. The van der Waals surface area contributed by atoms with Crippen LogP contribution in [0.1, 0.15) is 5.69 Å². The summed E-state index contributed by atoms with van der Waals surface area (Å²) in [5.74, 6) is -0.196. The highest BCUT2D eigenvalue weighted by atomic mass is 16.5. The van der Waals surface area contributed by atoms with Crippen LogP contribution in [0.2, 0.25) is 0 Å². The molecule has 0 fully saturated rings. The van der Waals surface area contributed by atoms with Crippen molar-refractivity contribution >= 4 is 17.4 Å². The number of nitrogens with one attached hydrogen (secondary N) is 2. The van der Waals surface area contributed by atoms with E-state index in [-0.39, 0.29) is 11.3 Å². The van der Waals surface area contributed by atoms with Crippen LogP contribution >= 0.6 is 0 Å². The zero-order valence-electron chi connectivity index (χ0n) is 12.2. The number of hydrogen-bond donors (Lipinski definition) is 2. The lowest BCUT2D eigenvalue weighted by Gasteiger charge is -2.06. The largest absolute Gasteiger partial charge is 0.464 e. The van der Waals surface area contributed by atoms with E-state index in [0.717, 1.165) is 0 Å². The Bertz CT molecular complexity index is 745. The number of aromatic nitrogens is 2. The number of hydrogen-bond acceptors (Lipinski definition) is 8. The van der Waals surface area contributed by atoms with Crippen molar-refractivity contribution in [3.8, 4) is 6.07 Å². The summed E-state index contributed by atoms with van der Waals surface area (Å²) in [6.45, 7) is 0. The molecule has 0 spiro atoms. The molecule has 0 aliphatic heterocycles. The number of carbonyl (C=O) groups excluding carboxylic acids is 1. The molecule has 2 aromatic heterocycles. The maximum Gasteiger partial charge on any atom is 0.355 e. The second-order valence-electron chi connectivity index (χ2n) is 4.11. The molecule has 0 saturated carbocycles. The molecular formula is C15H13N5O3. The highest BCUT2D eigenvalue weighted by Gasteiger charge is 2.09. The minimum Gasteiger partial charge on any atom is -0.464 e. The van der Waals surface area contributed by atoms with Crippen LogP contribution < -0.4 is 10.6 Å². The van der Waals surface area contributed by atoms with Gasteiger partial charge in [-0.3, -0.25) is 4.98 Å². The fraction of sp³-hybridized carbons (Fsp3) is 0.0667. The Morgan fingerprint density at radius 3 is 2.87 bits per heavy atom. The van der Waals surface area contributed by atoms with Crippen molar-refractivity contribution in [1.82, 2.24) is 15.5 Å². The number of anilines is 1. The number of pyridine rings is 1.